The first-order valence-electron chi connectivity index (χ1n) is 5.28. The Labute approximate surface area is 103 Å². The molecule has 1 aromatic rings. The van der Waals surface area contributed by atoms with Crippen LogP contribution in [-0.4, -0.2) is 30.3 Å². The van der Waals surface area contributed by atoms with Gasteiger partial charge in [0.25, 0.3) is 5.91 Å². The molecule has 0 atom stereocenters. The zero-order valence-electron chi connectivity index (χ0n) is 9.65. The van der Waals surface area contributed by atoms with Crippen LogP contribution in [-0.2, 0) is 0 Å². The fourth-order valence-corrected chi connectivity index (χ4v) is 1.68. The van der Waals surface area contributed by atoms with Crippen molar-refractivity contribution in [1.82, 2.24) is 10.9 Å². The molecule has 0 radical (unpaired) electrons. The molecule has 2 amide bonds. The predicted molar refractivity (Wildman–Crippen MR) is 60.8 cm³/mol. The highest BCUT2D eigenvalue weighted by molar-refractivity contribution is 5.97. The van der Waals surface area contributed by atoms with Crippen LogP contribution in [0.15, 0.2) is 12.1 Å². The zero-order valence-corrected chi connectivity index (χ0v) is 9.65. The lowest BCUT2D eigenvalue weighted by Gasteiger charge is -2.21. The van der Waals surface area contributed by atoms with Gasteiger partial charge in [0.05, 0.1) is 0 Å². The lowest BCUT2D eigenvalue weighted by molar-refractivity contribution is 0.0924. The minimum Gasteiger partial charge on any atom is -0.486 e. The van der Waals surface area contributed by atoms with Gasteiger partial charge in [-0.1, -0.05) is 0 Å². The molecule has 96 valence electrons. The highest BCUT2D eigenvalue weighted by atomic mass is 16.6. The summed E-state index contributed by atoms with van der Waals surface area (Å²) in [6.07, 6.45) is -1.33. The Morgan fingerprint density at radius 2 is 1.94 bits per heavy atom. The van der Waals surface area contributed by atoms with E-state index >= 15 is 0 Å². The molecular formula is C11H12N2O5. The summed E-state index contributed by atoms with van der Waals surface area (Å²) < 4.78 is 10.8. The Balaban J connectivity index is 2.23. The van der Waals surface area contributed by atoms with Crippen LogP contribution in [0.3, 0.4) is 0 Å². The molecule has 2 rings (SSSR count). The SMILES string of the molecule is Cc1c(C(=O)NNC(=O)O)ccc2c1OCCO2. The molecule has 7 nitrogen and oxygen atoms in total. The molecule has 1 aliphatic rings. The van der Waals surface area contributed by atoms with Gasteiger partial charge in [-0.05, 0) is 19.1 Å². The van der Waals surface area contributed by atoms with E-state index in [0.717, 1.165) is 0 Å². The summed E-state index contributed by atoms with van der Waals surface area (Å²) >= 11 is 0. The van der Waals surface area contributed by atoms with Gasteiger partial charge in [0.1, 0.15) is 13.2 Å². The van der Waals surface area contributed by atoms with Gasteiger partial charge in [0.2, 0.25) is 0 Å². The molecule has 1 aliphatic heterocycles. The molecule has 0 bridgehead atoms. The second-order valence-electron chi connectivity index (χ2n) is 3.65. The van der Waals surface area contributed by atoms with E-state index in [4.69, 9.17) is 14.6 Å². The molecule has 0 saturated heterocycles. The van der Waals surface area contributed by atoms with Crippen molar-refractivity contribution >= 4 is 12.0 Å². The molecule has 0 unspecified atom stereocenters. The van der Waals surface area contributed by atoms with E-state index in [2.05, 4.69) is 5.43 Å². The normalized spacial score (nSPS) is 12.7. The summed E-state index contributed by atoms with van der Waals surface area (Å²) in [6.45, 7) is 2.61. The van der Waals surface area contributed by atoms with Crippen molar-refractivity contribution in [2.45, 2.75) is 6.92 Å². The third-order valence-electron chi connectivity index (χ3n) is 2.48. The summed E-state index contributed by atoms with van der Waals surface area (Å²) in [4.78, 5) is 22.0. The van der Waals surface area contributed by atoms with Crippen LogP contribution >= 0.6 is 0 Å². The van der Waals surface area contributed by atoms with Crippen molar-refractivity contribution in [3.8, 4) is 11.5 Å². The van der Waals surface area contributed by atoms with Crippen molar-refractivity contribution < 1.29 is 24.2 Å². The average Bonchev–Trinajstić information content (AvgIpc) is 2.37. The molecule has 0 fully saturated rings. The van der Waals surface area contributed by atoms with E-state index in [1.54, 1.807) is 24.5 Å². The van der Waals surface area contributed by atoms with Crippen molar-refractivity contribution in [2.75, 3.05) is 13.2 Å². The molecule has 1 heterocycles. The molecule has 1 aromatic carbocycles. The number of carbonyl (C=O) groups is 2. The molecule has 0 saturated carbocycles. The number of hydrazine groups is 1. The first kappa shape index (κ1) is 12.0. The highest BCUT2D eigenvalue weighted by Crippen LogP contribution is 2.35. The minimum atomic E-state index is -1.33. The van der Waals surface area contributed by atoms with Gasteiger partial charge < -0.3 is 14.6 Å². The Morgan fingerprint density at radius 3 is 2.67 bits per heavy atom. The van der Waals surface area contributed by atoms with Gasteiger partial charge in [-0.2, -0.15) is 0 Å². The number of rotatable bonds is 1. The number of amides is 2. The number of ether oxygens (including phenoxy) is 2. The standard InChI is InChI=1S/C11H12N2O5/c1-6-7(10(14)12-13-11(15)16)2-3-8-9(6)18-5-4-17-8/h2-3,13H,4-5H2,1H3,(H,12,14)(H,15,16). The average molecular weight is 252 g/mol. The van der Waals surface area contributed by atoms with Crippen LogP contribution < -0.4 is 20.3 Å². The summed E-state index contributed by atoms with van der Waals surface area (Å²) in [5.74, 6) is 0.553. The zero-order chi connectivity index (χ0) is 13.1. The van der Waals surface area contributed by atoms with Gasteiger partial charge in [-0.15, -0.1) is 0 Å². The van der Waals surface area contributed by atoms with Gasteiger partial charge in [0, 0.05) is 11.1 Å². The van der Waals surface area contributed by atoms with E-state index in [1.807, 2.05) is 0 Å². The molecule has 0 spiro atoms. The van der Waals surface area contributed by atoms with Crippen molar-refractivity contribution in [3.05, 3.63) is 23.3 Å². The number of nitrogens with one attached hydrogen (secondary N) is 2. The first-order chi connectivity index (χ1) is 8.59. The van der Waals surface area contributed by atoms with Crippen molar-refractivity contribution in [1.29, 1.82) is 0 Å². The Bertz CT molecular complexity index is 500. The molecule has 0 aromatic heterocycles. The number of fused-ring (bicyclic) bond motifs is 1. The predicted octanol–water partition coefficient (Wildman–Crippen LogP) is 0.679. The van der Waals surface area contributed by atoms with Crippen LogP contribution in [0.1, 0.15) is 15.9 Å². The Kier molecular flexibility index (Phi) is 3.22. The maximum atomic E-state index is 11.7. The second kappa shape index (κ2) is 4.82. The molecule has 0 aliphatic carbocycles. The number of hydrogen-bond donors (Lipinski definition) is 3. The minimum absolute atomic E-state index is 0.327. The van der Waals surface area contributed by atoms with E-state index in [0.29, 0.717) is 35.8 Å². The smallest absolute Gasteiger partial charge is 0.423 e. The summed E-state index contributed by atoms with van der Waals surface area (Å²) in [7, 11) is 0. The number of hydrogen-bond acceptors (Lipinski definition) is 4. The van der Waals surface area contributed by atoms with Gasteiger partial charge >= 0.3 is 6.09 Å². The molecule has 3 N–H and O–H groups in total. The van der Waals surface area contributed by atoms with E-state index < -0.39 is 12.0 Å². The third kappa shape index (κ3) is 2.29. The quantitative estimate of drug-likeness (QED) is 0.638. The second-order valence-corrected chi connectivity index (χ2v) is 3.65. The lowest BCUT2D eigenvalue weighted by Crippen LogP contribution is -2.41. The maximum absolute atomic E-state index is 11.7. The van der Waals surface area contributed by atoms with Crippen molar-refractivity contribution in [3.63, 3.8) is 0 Å². The Morgan fingerprint density at radius 1 is 1.22 bits per heavy atom. The number of carboxylic acid groups (broad SMARTS) is 1. The molecule has 18 heavy (non-hydrogen) atoms. The highest BCUT2D eigenvalue weighted by Gasteiger charge is 2.19. The lowest BCUT2D eigenvalue weighted by atomic mass is 10.1. The van der Waals surface area contributed by atoms with Gasteiger partial charge in [-0.3, -0.25) is 10.2 Å². The summed E-state index contributed by atoms with van der Waals surface area (Å²) in [5, 5.41) is 8.40. The van der Waals surface area contributed by atoms with E-state index in [-0.39, 0.29) is 0 Å². The summed E-state index contributed by atoms with van der Waals surface area (Å²) in [5.41, 5.74) is 4.79. The summed E-state index contributed by atoms with van der Waals surface area (Å²) in [6, 6.07) is 3.18. The monoisotopic (exact) mass is 252 g/mol. The van der Waals surface area contributed by atoms with Crippen LogP contribution in [0.4, 0.5) is 4.79 Å². The topological polar surface area (TPSA) is 96.9 Å². The first-order valence-corrected chi connectivity index (χ1v) is 5.28. The largest absolute Gasteiger partial charge is 0.486 e. The fourth-order valence-electron chi connectivity index (χ4n) is 1.68. The van der Waals surface area contributed by atoms with Crippen LogP contribution in [0.25, 0.3) is 0 Å². The molecule has 7 heteroatoms. The fraction of sp³-hybridized carbons (Fsp3) is 0.273. The van der Waals surface area contributed by atoms with Crippen molar-refractivity contribution in [2.24, 2.45) is 0 Å². The van der Waals surface area contributed by atoms with Crippen LogP contribution in [0.5, 0.6) is 11.5 Å². The van der Waals surface area contributed by atoms with Crippen LogP contribution in [0.2, 0.25) is 0 Å². The van der Waals surface area contributed by atoms with Gasteiger partial charge in [0.15, 0.2) is 11.5 Å². The Hall–Kier alpha value is -2.44. The number of benzene rings is 1. The molecular weight excluding hydrogens is 240 g/mol. The maximum Gasteiger partial charge on any atom is 0.423 e. The van der Waals surface area contributed by atoms with E-state index in [1.165, 1.54) is 0 Å². The van der Waals surface area contributed by atoms with Gasteiger partial charge in [-0.25, -0.2) is 10.2 Å². The third-order valence-corrected chi connectivity index (χ3v) is 2.48. The van der Waals surface area contributed by atoms with Crippen LogP contribution in [0, 0.1) is 6.92 Å². The number of carbonyl (C=O) groups excluding carboxylic acids is 1. The van der Waals surface area contributed by atoms with E-state index in [9.17, 15) is 9.59 Å².